The molecule has 2 atom stereocenters. The lowest BCUT2D eigenvalue weighted by atomic mass is 10.1. The predicted molar refractivity (Wildman–Crippen MR) is 177 cm³/mol. The molecule has 0 aliphatic rings. The molecule has 11 heteroatoms. The Labute approximate surface area is 259 Å². The normalized spacial score (nSPS) is 13.9. The second kappa shape index (κ2) is 13.2. The van der Waals surface area contributed by atoms with Crippen LogP contribution in [0, 0.1) is 13.5 Å². The van der Waals surface area contributed by atoms with Gasteiger partial charge >= 0.3 is 0 Å². The van der Waals surface area contributed by atoms with Crippen molar-refractivity contribution in [3.63, 3.8) is 0 Å². The molecule has 0 saturated heterocycles. The molecule has 3 N–H and O–H groups in total. The number of carbonyl (C=O) groups excluding carboxylic acids is 2. The Kier molecular flexibility index (Phi) is 11.1. The molecule has 0 spiro atoms. The zero-order chi connectivity index (χ0) is 32.3. The number of hydrogen-bond donors (Lipinski definition) is 3. The van der Waals surface area contributed by atoms with Gasteiger partial charge in [-0.25, -0.2) is 4.85 Å². The summed E-state index contributed by atoms with van der Waals surface area (Å²) in [6, 6.07) is 9.41. The maximum Gasteiger partial charge on any atom is 0.269 e. The molecule has 42 heavy (non-hydrogen) atoms. The van der Waals surface area contributed by atoms with E-state index >= 15 is 0 Å². The zero-order valence-electron chi connectivity index (χ0n) is 27.1. The van der Waals surface area contributed by atoms with E-state index in [0.717, 1.165) is 0 Å². The first-order valence-corrected chi connectivity index (χ1v) is 20.3. The number of halogens is 1. The molecular weight excluding hydrogens is 584 g/mol. The molecule has 0 bridgehead atoms. The predicted octanol–water partition coefficient (Wildman–Crippen LogP) is 8.24. The van der Waals surface area contributed by atoms with Crippen LogP contribution in [0.25, 0.3) is 4.85 Å². The number of rotatable bonds is 9. The highest BCUT2D eigenvalue weighted by molar-refractivity contribution is 6.75. The molecule has 0 saturated carbocycles. The Morgan fingerprint density at radius 3 is 2.10 bits per heavy atom. The van der Waals surface area contributed by atoms with Gasteiger partial charge in [0.05, 0.1) is 17.7 Å². The van der Waals surface area contributed by atoms with Crippen molar-refractivity contribution in [1.82, 2.24) is 10.9 Å². The van der Waals surface area contributed by atoms with Crippen LogP contribution >= 0.6 is 11.6 Å². The summed E-state index contributed by atoms with van der Waals surface area (Å²) in [5, 5.41) is 3.50. The van der Waals surface area contributed by atoms with Crippen molar-refractivity contribution in [2.45, 2.75) is 104 Å². The van der Waals surface area contributed by atoms with E-state index < -0.39 is 40.6 Å². The van der Waals surface area contributed by atoms with Crippen LogP contribution in [0.1, 0.15) is 64.4 Å². The minimum absolute atomic E-state index is 0.00328. The van der Waals surface area contributed by atoms with Crippen LogP contribution in [-0.2, 0) is 9.22 Å². The van der Waals surface area contributed by atoms with Gasteiger partial charge in [-0.2, -0.15) is 0 Å². The molecule has 2 rings (SSSR count). The van der Waals surface area contributed by atoms with Crippen molar-refractivity contribution in [3.8, 4) is 5.75 Å². The van der Waals surface area contributed by atoms with Gasteiger partial charge in [0, 0.05) is 11.3 Å². The maximum absolute atomic E-state index is 13.6. The van der Waals surface area contributed by atoms with Crippen LogP contribution in [0.3, 0.4) is 0 Å². The number of amides is 2. The quantitative estimate of drug-likeness (QED) is 0.147. The van der Waals surface area contributed by atoms with Gasteiger partial charge in [-0.1, -0.05) is 65.3 Å². The Morgan fingerprint density at radius 2 is 1.55 bits per heavy atom. The van der Waals surface area contributed by atoms with Crippen LogP contribution in [0.2, 0.25) is 41.3 Å². The molecule has 0 aliphatic carbocycles. The minimum atomic E-state index is -2.25. The van der Waals surface area contributed by atoms with Crippen LogP contribution in [0.4, 0.5) is 11.4 Å². The number of hydrazine groups is 1. The molecule has 2 amide bonds. The van der Waals surface area contributed by atoms with E-state index in [0.29, 0.717) is 33.3 Å². The Hall–Kier alpha value is -2.85. The zero-order valence-corrected chi connectivity index (χ0v) is 29.8. The summed E-state index contributed by atoms with van der Waals surface area (Å²) in [4.78, 5) is 30.1. The molecule has 2 aromatic rings. The van der Waals surface area contributed by atoms with Crippen LogP contribution in [0.15, 0.2) is 36.4 Å². The Balaban J connectivity index is 2.29. The van der Waals surface area contributed by atoms with Crippen molar-refractivity contribution in [3.05, 3.63) is 64.0 Å². The van der Waals surface area contributed by atoms with Gasteiger partial charge in [0.1, 0.15) is 11.8 Å². The third kappa shape index (κ3) is 8.60. The fraction of sp³-hybridized carbons (Fsp3) is 0.516. The first-order chi connectivity index (χ1) is 19.1. The van der Waals surface area contributed by atoms with Crippen LogP contribution in [0.5, 0.6) is 5.75 Å². The van der Waals surface area contributed by atoms with Gasteiger partial charge < -0.3 is 14.2 Å². The van der Waals surface area contributed by atoms with E-state index in [2.05, 4.69) is 88.7 Å². The molecular formula is C31H47ClN4O4Si2. The number of carbonyl (C=O) groups is 2. The summed E-state index contributed by atoms with van der Waals surface area (Å²) in [5.41, 5.74) is 7.05. The second-order valence-corrected chi connectivity index (χ2v) is 23.6. The maximum atomic E-state index is 13.6. The summed E-state index contributed by atoms with van der Waals surface area (Å²) >= 11 is 6.41. The van der Waals surface area contributed by atoms with Gasteiger partial charge in [-0.15, -0.1) is 0 Å². The van der Waals surface area contributed by atoms with E-state index in [4.69, 9.17) is 27.0 Å². The van der Waals surface area contributed by atoms with Crippen LogP contribution < -0.4 is 20.6 Å². The monoisotopic (exact) mass is 630 g/mol. The topological polar surface area (TPSA) is 93.1 Å². The first kappa shape index (κ1) is 35.4. The summed E-state index contributed by atoms with van der Waals surface area (Å²) in [6.45, 7) is 32.3. The number of hydrogen-bond acceptors (Lipinski definition) is 5. The van der Waals surface area contributed by atoms with Crippen molar-refractivity contribution in [1.29, 1.82) is 0 Å². The fourth-order valence-electron chi connectivity index (χ4n) is 3.60. The first-order valence-electron chi connectivity index (χ1n) is 14.1. The van der Waals surface area contributed by atoms with Gasteiger partial charge in [0.2, 0.25) is 14.0 Å². The summed E-state index contributed by atoms with van der Waals surface area (Å²) in [7, 11) is -4.35. The van der Waals surface area contributed by atoms with Gasteiger partial charge in [-0.3, -0.25) is 20.4 Å². The van der Waals surface area contributed by atoms with E-state index in [1.807, 2.05) is 13.0 Å². The van der Waals surface area contributed by atoms with E-state index in [1.54, 1.807) is 37.3 Å². The summed E-state index contributed by atoms with van der Waals surface area (Å²) < 4.78 is 12.9. The van der Waals surface area contributed by atoms with Gasteiger partial charge in [-0.05, 0) is 79.9 Å². The molecule has 0 aliphatic heterocycles. The smallest absolute Gasteiger partial charge is 0.269 e. The molecule has 230 valence electrons. The highest BCUT2D eigenvalue weighted by Gasteiger charge is 2.41. The fourth-order valence-corrected chi connectivity index (χ4v) is 6.25. The molecule has 8 nitrogen and oxygen atoms in total. The molecule has 2 aromatic carbocycles. The largest absolute Gasteiger partial charge is 0.543 e. The Morgan fingerprint density at radius 1 is 0.952 bits per heavy atom. The minimum Gasteiger partial charge on any atom is -0.543 e. The number of benzene rings is 2. The van der Waals surface area contributed by atoms with Crippen LogP contribution in [-0.4, -0.2) is 40.6 Å². The lowest BCUT2D eigenvalue weighted by Crippen LogP contribution is -2.55. The molecule has 0 radical (unpaired) electrons. The summed E-state index contributed by atoms with van der Waals surface area (Å²) in [5.74, 6) is -0.332. The van der Waals surface area contributed by atoms with E-state index in [9.17, 15) is 9.59 Å². The molecule has 0 fully saturated rings. The number of nitrogens with zero attached hydrogens (tertiary/aromatic N) is 1. The van der Waals surface area contributed by atoms with Gasteiger partial charge in [0.15, 0.2) is 8.32 Å². The van der Waals surface area contributed by atoms with Gasteiger partial charge in [0.25, 0.3) is 11.8 Å². The number of nitrogens with one attached hydrogen (secondary N) is 3. The highest BCUT2D eigenvalue weighted by Crippen LogP contribution is 2.39. The number of anilines is 1. The van der Waals surface area contributed by atoms with Crippen molar-refractivity contribution in [2.75, 3.05) is 5.32 Å². The highest BCUT2D eigenvalue weighted by atomic mass is 35.5. The Bertz CT molecular complexity index is 1340. The molecule has 0 unspecified atom stereocenters. The van der Waals surface area contributed by atoms with Crippen molar-refractivity contribution >= 4 is 51.4 Å². The van der Waals surface area contributed by atoms with E-state index in [-0.39, 0.29) is 10.1 Å². The van der Waals surface area contributed by atoms with E-state index in [1.165, 1.54) is 0 Å². The standard InChI is InChI=1S/C31H47ClN4O4Si2/c1-20-24(17-18-25(33-9)26(20)32)34-27(21(2)39-41(10,11)30(3,4)5)29(38)36-35-28(37)22-15-14-16-23(19-22)40-42(12,13)31(6,7)8/h14-19,21,27,34H,1-8,10-13H3,(H,35,37)(H,36,38)/t21-,27+/m0/s1. The second-order valence-electron chi connectivity index (χ2n) is 13.7. The lowest BCUT2D eigenvalue weighted by Gasteiger charge is -2.40. The average Bonchev–Trinajstić information content (AvgIpc) is 2.86. The van der Waals surface area contributed by atoms with Crippen molar-refractivity contribution < 1.29 is 18.4 Å². The molecule has 0 heterocycles. The lowest BCUT2D eigenvalue weighted by molar-refractivity contribution is -0.124. The summed E-state index contributed by atoms with van der Waals surface area (Å²) in [6.07, 6.45) is -0.553. The SMILES string of the molecule is [C-]#[N+]c1ccc(N[C@@H](C(=O)NNC(=O)c2cccc(O[Si](C)(C)C(C)(C)C)c2)[C@H](C)O[Si](C)(C)C(C)(C)C)c(C)c1Cl. The molecule has 0 aromatic heterocycles. The average molecular weight is 631 g/mol. The third-order valence-corrected chi connectivity index (χ3v) is 17.8. The van der Waals surface area contributed by atoms with Crippen molar-refractivity contribution in [2.24, 2.45) is 0 Å². The third-order valence-electron chi connectivity index (χ3n) is 8.41.